The van der Waals surface area contributed by atoms with Gasteiger partial charge in [-0.1, -0.05) is 19.1 Å². The number of fused-ring (bicyclic) bond motifs is 1. The first-order valence-corrected chi connectivity index (χ1v) is 10.6. The maximum Gasteiger partial charge on any atom is 0.236 e. The van der Waals surface area contributed by atoms with Crippen molar-refractivity contribution >= 4 is 27.5 Å². The lowest BCUT2D eigenvalue weighted by molar-refractivity contribution is -0.134. The van der Waals surface area contributed by atoms with E-state index in [0.29, 0.717) is 18.4 Å². The molecule has 6 heteroatoms. The van der Waals surface area contributed by atoms with Gasteiger partial charge < -0.3 is 9.80 Å². The Morgan fingerprint density at radius 1 is 1.15 bits per heavy atom. The predicted octanol–water partition coefficient (Wildman–Crippen LogP) is 2.64. The zero-order valence-electron chi connectivity index (χ0n) is 15.6. The third-order valence-corrected chi connectivity index (χ3v) is 6.90. The molecule has 0 radical (unpaired) electrons. The van der Waals surface area contributed by atoms with Gasteiger partial charge in [-0.25, -0.2) is 4.98 Å². The number of thiazole rings is 1. The molecular formula is C20H28N4OS. The number of likely N-dealkylation sites (tertiary alicyclic amines) is 1. The van der Waals surface area contributed by atoms with Crippen LogP contribution in [0, 0.1) is 0 Å². The number of piperazine rings is 1. The summed E-state index contributed by atoms with van der Waals surface area (Å²) >= 11 is 1.79. The molecule has 140 valence electrons. The molecule has 2 saturated heterocycles. The van der Waals surface area contributed by atoms with Crippen LogP contribution in [0.1, 0.15) is 30.7 Å². The van der Waals surface area contributed by atoms with Crippen molar-refractivity contribution in [1.82, 2.24) is 19.7 Å². The quantitative estimate of drug-likeness (QED) is 0.827. The van der Waals surface area contributed by atoms with Gasteiger partial charge >= 0.3 is 0 Å². The highest BCUT2D eigenvalue weighted by Crippen LogP contribution is 2.33. The van der Waals surface area contributed by atoms with E-state index in [9.17, 15) is 4.79 Å². The molecule has 1 aromatic carbocycles. The predicted molar refractivity (Wildman–Crippen MR) is 107 cm³/mol. The zero-order chi connectivity index (χ0) is 17.9. The Balaban J connectivity index is 1.36. The maximum absolute atomic E-state index is 12.8. The van der Waals surface area contributed by atoms with Crippen molar-refractivity contribution < 1.29 is 4.79 Å². The van der Waals surface area contributed by atoms with Gasteiger partial charge in [-0.3, -0.25) is 9.69 Å². The van der Waals surface area contributed by atoms with Crippen LogP contribution >= 0.6 is 11.3 Å². The van der Waals surface area contributed by atoms with Gasteiger partial charge in [0, 0.05) is 45.2 Å². The molecule has 2 aliphatic heterocycles. The summed E-state index contributed by atoms with van der Waals surface area (Å²) in [5.74, 6) is 0.683. The van der Waals surface area contributed by atoms with E-state index < -0.39 is 0 Å². The van der Waals surface area contributed by atoms with Crippen LogP contribution in [0.5, 0.6) is 0 Å². The fourth-order valence-electron chi connectivity index (χ4n) is 4.02. The summed E-state index contributed by atoms with van der Waals surface area (Å²) in [5.41, 5.74) is 1.09. The summed E-state index contributed by atoms with van der Waals surface area (Å²) < 4.78 is 1.25. The molecule has 4 rings (SSSR count). The first-order chi connectivity index (χ1) is 12.7. The number of likely N-dealkylation sites (N-methyl/N-ethyl adjacent to an activating group) is 1. The van der Waals surface area contributed by atoms with E-state index in [1.807, 2.05) is 6.07 Å². The normalized spacial score (nSPS) is 22.8. The molecule has 2 fully saturated rings. The number of nitrogens with zero attached hydrogens (tertiary/aromatic N) is 4. The average Bonchev–Trinajstić information content (AvgIpc) is 3.13. The number of carbonyl (C=O) groups is 1. The summed E-state index contributed by atoms with van der Waals surface area (Å²) in [4.78, 5) is 24.5. The molecule has 0 aliphatic carbocycles. The molecular weight excluding hydrogens is 344 g/mol. The van der Waals surface area contributed by atoms with Gasteiger partial charge in [0.05, 0.1) is 21.8 Å². The minimum absolute atomic E-state index is 0.292. The summed E-state index contributed by atoms with van der Waals surface area (Å²) in [6, 6.07) is 8.33. The van der Waals surface area contributed by atoms with Crippen LogP contribution in [0.25, 0.3) is 10.2 Å². The van der Waals surface area contributed by atoms with Crippen molar-refractivity contribution in [3.05, 3.63) is 29.3 Å². The number of hydrogen-bond acceptors (Lipinski definition) is 5. The van der Waals surface area contributed by atoms with Crippen LogP contribution in [0.4, 0.5) is 0 Å². The first-order valence-electron chi connectivity index (χ1n) is 9.81. The fraction of sp³-hybridized carbons (Fsp3) is 0.600. The van der Waals surface area contributed by atoms with Gasteiger partial charge in [0.2, 0.25) is 5.91 Å². The third kappa shape index (κ3) is 3.92. The van der Waals surface area contributed by atoms with Crippen LogP contribution in [-0.2, 0) is 4.79 Å². The fourth-order valence-corrected chi connectivity index (χ4v) is 5.12. The van der Waals surface area contributed by atoms with Gasteiger partial charge in [0.15, 0.2) is 0 Å². The number of rotatable bonds is 4. The lowest BCUT2D eigenvalue weighted by Gasteiger charge is -2.36. The van der Waals surface area contributed by atoms with E-state index in [-0.39, 0.29) is 0 Å². The van der Waals surface area contributed by atoms with E-state index in [4.69, 9.17) is 4.98 Å². The van der Waals surface area contributed by atoms with E-state index in [2.05, 4.69) is 39.8 Å². The van der Waals surface area contributed by atoms with Gasteiger partial charge in [0.1, 0.15) is 0 Å². The number of aromatic nitrogens is 1. The van der Waals surface area contributed by atoms with Crippen molar-refractivity contribution in [3.63, 3.8) is 0 Å². The van der Waals surface area contributed by atoms with E-state index in [1.54, 1.807) is 11.3 Å². The van der Waals surface area contributed by atoms with Crippen molar-refractivity contribution in [1.29, 1.82) is 0 Å². The molecule has 26 heavy (non-hydrogen) atoms. The van der Waals surface area contributed by atoms with E-state index in [1.165, 1.54) is 9.71 Å². The molecule has 2 aromatic rings. The van der Waals surface area contributed by atoms with Crippen molar-refractivity contribution in [2.45, 2.75) is 25.7 Å². The molecule has 5 nitrogen and oxygen atoms in total. The Morgan fingerprint density at radius 2 is 1.92 bits per heavy atom. The molecule has 0 saturated carbocycles. The SMILES string of the molecule is CCN1CCN(CC(=O)N2CCCC(c3nc4ccccc4s3)C2)CC1. The number of para-hydroxylation sites is 1. The Kier molecular flexibility index (Phi) is 5.52. The second-order valence-corrected chi connectivity index (χ2v) is 8.47. The highest BCUT2D eigenvalue weighted by Gasteiger charge is 2.28. The average molecular weight is 373 g/mol. The number of hydrogen-bond donors (Lipinski definition) is 0. The molecule has 1 aromatic heterocycles. The van der Waals surface area contributed by atoms with E-state index in [0.717, 1.165) is 64.2 Å². The third-order valence-electron chi connectivity index (χ3n) is 5.70. The summed E-state index contributed by atoms with van der Waals surface area (Å²) in [5, 5.41) is 1.19. The molecule has 3 heterocycles. The molecule has 0 bridgehead atoms. The summed E-state index contributed by atoms with van der Waals surface area (Å²) in [7, 11) is 0. The molecule has 0 N–H and O–H groups in total. The van der Waals surface area contributed by atoms with Gasteiger partial charge in [0.25, 0.3) is 0 Å². The highest BCUT2D eigenvalue weighted by molar-refractivity contribution is 7.18. The summed E-state index contributed by atoms with van der Waals surface area (Å²) in [6.07, 6.45) is 2.22. The monoisotopic (exact) mass is 372 g/mol. The zero-order valence-corrected chi connectivity index (χ0v) is 16.4. The van der Waals surface area contributed by atoms with Gasteiger partial charge in [-0.2, -0.15) is 0 Å². The number of carbonyl (C=O) groups excluding carboxylic acids is 1. The van der Waals surface area contributed by atoms with Crippen molar-refractivity contribution in [2.24, 2.45) is 0 Å². The molecule has 0 spiro atoms. The Labute approximate surface area is 159 Å². The van der Waals surface area contributed by atoms with Crippen LogP contribution in [-0.4, -0.2) is 77.9 Å². The number of piperidine rings is 1. The minimum atomic E-state index is 0.292. The maximum atomic E-state index is 12.8. The van der Waals surface area contributed by atoms with Crippen LogP contribution < -0.4 is 0 Å². The first kappa shape index (κ1) is 17.9. The Hall–Kier alpha value is -1.50. The van der Waals surface area contributed by atoms with Crippen LogP contribution in [0.2, 0.25) is 0 Å². The highest BCUT2D eigenvalue weighted by atomic mass is 32.1. The topological polar surface area (TPSA) is 39.7 Å². The minimum Gasteiger partial charge on any atom is -0.341 e. The largest absolute Gasteiger partial charge is 0.341 e. The molecule has 1 amide bonds. The van der Waals surface area contributed by atoms with E-state index >= 15 is 0 Å². The van der Waals surface area contributed by atoms with Gasteiger partial charge in [-0.05, 0) is 31.5 Å². The standard InChI is InChI=1S/C20H28N4OS/c1-2-22-10-12-23(13-11-22)15-19(25)24-9-5-6-16(14-24)20-21-17-7-3-4-8-18(17)26-20/h3-4,7-8,16H,2,5-6,9-15H2,1H3. The Bertz CT molecular complexity index is 720. The Morgan fingerprint density at radius 3 is 2.69 bits per heavy atom. The second-order valence-electron chi connectivity index (χ2n) is 7.41. The lowest BCUT2D eigenvalue weighted by Crippen LogP contribution is -2.51. The van der Waals surface area contributed by atoms with Crippen molar-refractivity contribution in [2.75, 3.05) is 52.4 Å². The van der Waals surface area contributed by atoms with Crippen LogP contribution in [0.15, 0.2) is 24.3 Å². The smallest absolute Gasteiger partial charge is 0.236 e. The number of benzene rings is 1. The second kappa shape index (κ2) is 8.03. The molecule has 1 unspecified atom stereocenters. The van der Waals surface area contributed by atoms with Crippen molar-refractivity contribution in [3.8, 4) is 0 Å². The molecule has 1 atom stereocenters. The van der Waals surface area contributed by atoms with Crippen LogP contribution in [0.3, 0.4) is 0 Å². The van der Waals surface area contributed by atoms with Gasteiger partial charge in [-0.15, -0.1) is 11.3 Å². The molecule has 2 aliphatic rings. The summed E-state index contributed by atoms with van der Waals surface area (Å²) in [6.45, 7) is 9.79. The lowest BCUT2D eigenvalue weighted by atomic mass is 9.98. The number of amides is 1.